The van der Waals surface area contributed by atoms with Crippen LogP contribution in [0.4, 0.5) is 0 Å². The molecule has 0 unspecified atom stereocenters. The molecule has 6 nitrogen and oxygen atoms in total. The first kappa shape index (κ1) is 14.1. The van der Waals surface area contributed by atoms with Crippen LogP contribution < -0.4 is 0 Å². The number of aliphatic hydroxyl groups excluding tert-OH is 1. The van der Waals surface area contributed by atoms with E-state index in [0.29, 0.717) is 12.4 Å². The first-order chi connectivity index (χ1) is 11.3. The van der Waals surface area contributed by atoms with Crippen LogP contribution in [-0.2, 0) is 19.4 Å². The Morgan fingerprint density at radius 1 is 1.26 bits per heavy atom. The number of rotatable bonds is 4. The monoisotopic (exact) mass is 309 g/mol. The van der Waals surface area contributed by atoms with E-state index >= 15 is 0 Å². The van der Waals surface area contributed by atoms with Crippen molar-refractivity contribution >= 4 is 0 Å². The number of fused-ring (bicyclic) bond motifs is 1. The zero-order valence-corrected chi connectivity index (χ0v) is 13.0. The summed E-state index contributed by atoms with van der Waals surface area (Å²) in [4.78, 5) is 4.60. The summed E-state index contributed by atoms with van der Waals surface area (Å²) in [6.45, 7) is 2.70. The SMILES string of the molecule is CCn1nc([C@@H](O)c2ccccc2)nc1-c1n[nH]c2c1CCC2. The predicted molar refractivity (Wildman–Crippen MR) is 85.8 cm³/mol. The Bertz CT molecular complexity index is 821. The molecule has 3 aromatic rings. The van der Waals surface area contributed by atoms with Gasteiger partial charge < -0.3 is 5.11 Å². The summed E-state index contributed by atoms with van der Waals surface area (Å²) in [5, 5.41) is 22.6. The summed E-state index contributed by atoms with van der Waals surface area (Å²) in [5.41, 5.74) is 4.11. The van der Waals surface area contributed by atoms with Crippen LogP contribution >= 0.6 is 0 Å². The van der Waals surface area contributed by atoms with Crippen LogP contribution in [0, 0.1) is 0 Å². The molecule has 2 heterocycles. The molecule has 0 saturated heterocycles. The lowest BCUT2D eigenvalue weighted by molar-refractivity contribution is 0.209. The molecular weight excluding hydrogens is 290 g/mol. The molecule has 6 heteroatoms. The van der Waals surface area contributed by atoms with Gasteiger partial charge in [0.15, 0.2) is 11.6 Å². The highest BCUT2D eigenvalue weighted by molar-refractivity contribution is 5.58. The van der Waals surface area contributed by atoms with Crippen molar-refractivity contribution in [1.29, 1.82) is 0 Å². The van der Waals surface area contributed by atoms with Crippen LogP contribution in [-0.4, -0.2) is 30.1 Å². The second kappa shape index (κ2) is 5.62. The second-order valence-corrected chi connectivity index (χ2v) is 5.81. The van der Waals surface area contributed by atoms with Gasteiger partial charge in [0.25, 0.3) is 0 Å². The molecule has 0 radical (unpaired) electrons. The van der Waals surface area contributed by atoms with E-state index in [1.807, 2.05) is 41.9 Å². The second-order valence-electron chi connectivity index (χ2n) is 5.81. The van der Waals surface area contributed by atoms with Crippen molar-refractivity contribution in [2.45, 2.75) is 38.8 Å². The van der Waals surface area contributed by atoms with Gasteiger partial charge in [0.05, 0.1) is 0 Å². The molecule has 1 aliphatic rings. The van der Waals surface area contributed by atoms with Crippen LogP contribution in [0.3, 0.4) is 0 Å². The molecule has 1 aromatic carbocycles. The summed E-state index contributed by atoms with van der Waals surface area (Å²) < 4.78 is 1.82. The smallest absolute Gasteiger partial charge is 0.184 e. The van der Waals surface area contributed by atoms with E-state index in [1.165, 1.54) is 11.3 Å². The lowest BCUT2D eigenvalue weighted by Crippen LogP contribution is -2.04. The molecule has 2 N–H and O–H groups in total. The number of nitrogens with zero attached hydrogens (tertiary/aromatic N) is 4. The Balaban J connectivity index is 1.75. The molecule has 0 amide bonds. The quantitative estimate of drug-likeness (QED) is 0.775. The fraction of sp³-hybridized carbons (Fsp3) is 0.353. The summed E-state index contributed by atoms with van der Waals surface area (Å²) in [7, 11) is 0. The van der Waals surface area contributed by atoms with Gasteiger partial charge in [0.2, 0.25) is 0 Å². The number of aromatic nitrogens is 5. The number of aromatic amines is 1. The maximum atomic E-state index is 10.5. The summed E-state index contributed by atoms with van der Waals surface area (Å²) in [6, 6.07) is 9.48. The van der Waals surface area contributed by atoms with Gasteiger partial charge in [-0.3, -0.25) is 5.10 Å². The van der Waals surface area contributed by atoms with Crippen molar-refractivity contribution in [3.8, 4) is 11.5 Å². The zero-order valence-electron chi connectivity index (χ0n) is 13.0. The fourth-order valence-electron chi connectivity index (χ4n) is 3.16. The zero-order chi connectivity index (χ0) is 15.8. The molecular formula is C17H19N5O. The Hall–Kier alpha value is -2.47. The van der Waals surface area contributed by atoms with Crippen LogP contribution in [0.2, 0.25) is 0 Å². The molecule has 0 fully saturated rings. The number of benzene rings is 1. The highest BCUT2D eigenvalue weighted by Crippen LogP contribution is 2.30. The van der Waals surface area contributed by atoms with Gasteiger partial charge in [-0.1, -0.05) is 30.3 Å². The van der Waals surface area contributed by atoms with Gasteiger partial charge >= 0.3 is 0 Å². The van der Waals surface area contributed by atoms with Crippen molar-refractivity contribution in [3.05, 3.63) is 53.0 Å². The van der Waals surface area contributed by atoms with Crippen molar-refractivity contribution in [2.24, 2.45) is 0 Å². The van der Waals surface area contributed by atoms with Gasteiger partial charge in [0.1, 0.15) is 11.8 Å². The van der Waals surface area contributed by atoms with Crippen LogP contribution in [0.15, 0.2) is 30.3 Å². The van der Waals surface area contributed by atoms with E-state index < -0.39 is 6.10 Å². The van der Waals surface area contributed by atoms with Crippen molar-refractivity contribution in [3.63, 3.8) is 0 Å². The average Bonchev–Trinajstić information content (AvgIpc) is 3.29. The molecule has 0 saturated carbocycles. The lowest BCUT2D eigenvalue weighted by Gasteiger charge is -2.05. The topological polar surface area (TPSA) is 79.6 Å². The third-order valence-electron chi connectivity index (χ3n) is 4.37. The predicted octanol–water partition coefficient (Wildman–Crippen LogP) is 2.26. The standard InChI is InChI=1S/C17H19N5O/c1-2-22-17(14-12-9-6-10-13(12)19-20-14)18-16(21-22)15(23)11-7-4-3-5-8-11/h3-5,7-8,15,23H,2,6,9-10H2,1H3,(H,19,20)/t15-/m0/s1. The minimum atomic E-state index is -0.824. The normalized spacial score (nSPS) is 14.9. The molecule has 1 atom stereocenters. The Kier molecular flexibility index (Phi) is 3.46. The van der Waals surface area contributed by atoms with E-state index in [-0.39, 0.29) is 0 Å². The Morgan fingerprint density at radius 3 is 2.87 bits per heavy atom. The number of hydrogen-bond acceptors (Lipinski definition) is 4. The van der Waals surface area contributed by atoms with Crippen LogP contribution in [0.25, 0.3) is 11.5 Å². The Morgan fingerprint density at radius 2 is 2.09 bits per heavy atom. The summed E-state index contributed by atoms with van der Waals surface area (Å²) in [5.74, 6) is 1.15. The van der Waals surface area contributed by atoms with E-state index in [2.05, 4.69) is 20.3 Å². The van der Waals surface area contributed by atoms with Gasteiger partial charge in [-0.25, -0.2) is 9.67 Å². The first-order valence-corrected chi connectivity index (χ1v) is 8.02. The number of H-pyrrole nitrogens is 1. The van der Waals surface area contributed by atoms with Crippen molar-refractivity contribution < 1.29 is 5.11 Å². The van der Waals surface area contributed by atoms with Gasteiger partial charge in [-0.15, -0.1) is 0 Å². The van der Waals surface area contributed by atoms with Crippen molar-refractivity contribution in [2.75, 3.05) is 0 Å². The maximum Gasteiger partial charge on any atom is 0.184 e. The molecule has 23 heavy (non-hydrogen) atoms. The lowest BCUT2D eigenvalue weighted by atomic mass is 10.1. The van der Waals surface area contributed by atoms with Gasteiger partial charge in [-0.05, 0) is 31.7 Å². The minimum absolute atomic E-state index is 0.419. The minimum Gasteiger partial charge on any atom is -0.380 e. The molecule has 118 valence electrons. The van der Waals surface area contributed by atoms with E-state index in [9.17, 15) is 5.11 Å². The largest absolute Gasteiger partial charge is 0.380 e. The molecule has 2 aromatic heterocycles. The van der Waals surface area contributed by atoms with Crippen LogP contribution in [0.1, 0.15) is 42.1 Å². The molecule has 0 spiro atoms. The maximum absolute atomic E-state index is 10.5. The molecule has 0 bridgehead atoms. The number of aryl methyl sites for hydroxylation is 2. The van der Waals surface area contributed by atoms with Crippen LogP contribution in [0.5, 0.6) is 0 Å². The third kappa shape index (κ3) is 2.35. The average molecular weight is 309 g/mol. The number of nitrogens with one attached hydrogen (secondary N) is 1. The van der Waals surface area contributed by atoms with Gasteiger partial charge in [0, 0.05) is 17.8 Å². The molecule has 1 aliphatic carbocycles. The van der Waals surface area contributed by atoms with Gasteiger partial charge in [-0.2, -0.15) is 10.2 Å². The van der Waals surface area contributed by atoms with Crippen molar-refractivity contribution in [1.82, 2.24) is 25.0 Å². The van der Waals surface area contributed by atoms with E-state index in [0.717, 1.165) is 36.3 Å². The molecule has 0 aliphatic heterocycles. The highest BCUT2D eigenvalue weighted by Gasteiger charge is 2.25. The molecule has 4 rings (SSSR count). The number of aliphatic hydroxyl groups is 1. The summed E-state index contributed by atoms with van der Waals surface area (Å²) in [6.07, 6.45) is 2.39. The number of hydrogen-bond donors (Lipinski definition) is 2. The Labute approximate surface area is 134 Å². The van der Waals surface area contributed by atoms with E-state index in [1.54, 1.807) is 0 Å². The highest BCUT2D eigenvalue weighted by atomic mass is 16.3. The first-order valence-electron chi connectivity index (χ1n) is 8.02. The summed E-state index contributed by atoms with van der Waals surface area (Å²) >= 11 is 0. The van der Waals surface area contributed by atoms with E-state index in [4.69, 9.17) is 0 Å². The fourth-order valence-corrected chi connectivity index (χ4v) is 3.16. The third-order valence-corrected chi connectivity index (χ3v) is 4.37.